The van der Waals surface area contributed by atoms with E-state index < -0.39 is 10.5 Å². The van der Waals surface area contributed by atoms with E-state index in [9.17, 15) is 19.7 Å². The molecule has 1 unspecified atom stereocenters. The first kappa shape index (κ1) is 15.8. The fourth-order valence-corrected chi connectivity index (χ4v) is 2.65. The van der Waals surface area contributed by atoms with Crippen molar-refractivity contribution in [3.8, 4) is 11.5 Å². The third kappa shape index (κ3) is 2.53. The number of benzene rings is 1. The van der Waals surface area contributed by atoms with Crippen LogP contribution in [0.3, 0.4) is 0 Å². The summed E-state index contributed by atoms with van der Waals surface area (Å²) in [5.74, 6) is -0.136. The van der Waals surface area contributed by atoms with Crippen molar-refractivity contribution in [3.63, 3.8) is 0 Å². The van der Waals surface area contributed by atoms with Crippen LogP contribution in [0, 0.1) is 10.1 Å². The Morgan fingerprint density at radius 3 is 2.92 bits per heavy atom. The van der Waals surface area contributed by atoms with Crippen LogP contribution in [0.25, 0.3) is 10.9 Å². The van der Waals surface area contributed by atoms with E-state index >= 15 is 0 Å². The molecule has 1 aliphatic heterocycles. The lowest BCUT2D eigenvalue weighted by atomic mass is 10.1. The summed E-state index contributed by atoms with van der Waals surface area (Å²) in [7, 11) is 1.46. The van der Waals surface area contributed by atoms with Gasteiger partial charge >= 0.3 is 0 Å². The van der Waals surface area contributed by atoms with Gasteiger partial charge in [0.05, 0.1) is 22.5 Å². The van der Waals surface area contributed by atoms with Crippen LogP contribution in [0.5, 0.6) is 11.5 Å². The lowest BCUT2D eigenvalue weighted by Gasteiger charge is -2.26. The van der Waals surface area contributed by atoms with Gasteiger partial charge in [-0.2, -0.15) is 0 Å². The van der Waals surface area contributed by atoms with E-state index in [1.807, 2.05) is 0 Å². The maximum Gasteiger partial charge on any atom is 0.293 e. The van der Waals surface area contributed by atoms with E-state index in [2.05, 4.69) is 5.32 Å². The summed E-state index contributed by atoms with van der Waals surface area (Å²) < 4.78 is 12.3. The molecule has 1 amide bonds. The van der Waals surface area contributed by atoms with Crippen LogP contribution >= 0.6 is 0 Å². The van der Waals surface area contributed by atoms with E-state index in [1.54, 1.807) is 6.92 Å². The number of aromatic nitrogens is 1. The number of nitrogens with one attached hydrogen (secondary N) is 1. The highest BCUT2D eigenvalue weighted by atomic mass is 16.6. The summed E-state index contributed by atoms with van der Waals surface area (Å²) in [6.45, 7) is 1.69. The normalized spacial score (nSPS) is 15.7. The van der Waals surface area contributed by atoms with Crippen LogP contribution in [0.1, 0.15) is 13.0 Å². The van der Waals surface area contributed by atoms with E-state index in [0.29, 0.717) is 10.9 Å². The van der Waals surface area contributed by atoms with Crippen molar-refractivity contribution < 1.29 is 19.2 Å². The molecule has 1 aliphatic rings. The van der Waals surface area contributed by atoms with Crippen molar-refractivity contribution in [3.05, 3.63) is 38.7 Å². The molecule has 0 saturated heterocycles. The maximum absolute atomic E-state index is 12.6. The van der Waals surface area contributed by atoms with Crippen LogP contribution in [-0.2, 0) is 4.79 Å². The van der Waals surface area contributed by atoms with Crippen LogP contribution in [-0.4, -0.2) is 35.7 Å². The summed E-state index contributed by atoms with van der Waals surface area (Å²) in [6, 6.07) is 3.78. The number of pyridine rings is 1. The molecular weight excluding hydrogens is 318 g/mol. The third-order valence-corrected chi connectivity index (χ3v) is 3.82. The summed E-state index contributed by atoms with van der Waals surface area (Å²) in [5.41, 5.74) is -0.0662. The van der Waals surface area contributed by atoms with Gasteiger partial charge in [0.15, 0.2) is 18.1 Å². The number of ether oxygens (including phenoxy) is 2. The first-order valence-electron chi connectivity index (χ1n) is 7.26. The highest BCUT2D eigenvalue weighted by Crippen LogP contribution is 2.36. The Hall–Kier alpha value is -3.10. The summed E-state index contributed by atoms with van der Waals surface area (Å²) in [6.07, 6.45) is 0. The molecule has 0 spiro atoms. The molecule has 1 aromatic carbocycles. The Bertz CT molecular complexity index is 904. The zero-order chi connectivity index (χ0) is 17.4. The lowest BCUT2D eigenvalue weighted by Crippen LogP contribution is -2.33. The number of carbonyl (C=O) groups is 1. The quantitative estimate of drug-likeness (QED) is 0.659. The molecule has 0 bridgehead atoms. The van der Waals surface area contributed by atoms with E-state index in [1.165, 1.54) is 29.8 Å². The van der Waals surface area contributed by atoms with Gasteiger partial charge in [0.2, 0.25) is 0 Å². The van der Waals surface area contributed by atoms with Crippen molar-refractivity contribution in [1.82, 2.24) is 9.88 Å². The number of nitro benzene ring substituents is 1. The maximum atomic E-state index is 12.6. The number of carbonyl (C=O) groups excluding carboxylic acids is 1. The highest BCUT2D eigenvalue weighted by Gasteiger charge is 2.25. The van der Waals surface area contributed by atoms with Crippen molar-refractivity contribution in [2.45, 2.75) is 13.0 Å². The van der Waals surface area contributed by atoms with E-state index in [0.717, 1.165) is 0 Å². The average Bonchev–Trinajstić information content (AvgIpc) is 2.56. The SMILES string of the molecule is CNC(=O)COc1cc2cc([N+](=O)[O-])cc3c2n(c1=O)C(C)CO3. The summed E-state index contributed by atoms with van der Waals surface area (Å²) >= 11 is 0. The molecule has 24 heavy (non-hydrogen) atoms. The molecule has 1 atom stereocenters. The van der Waals surface area contributed by atoms with Crippen molar-refractivity contribution in [2.24, 2.45) is 0 Å². The molecule has 0 saturated carbocycles. The zero-order valence-corrected chi connectivity index (χ0v) is 13.1. The molecule has 126 valence electrons. The molecule has 9 heteroatoms. The van der Waals surface area contributed by atoms with Gasteiger partial charge in [0.1, 0.15) is 6.61 Å². The molecule has 2 heterocycles. The first-order chi connectivity index (χ1) is 11.4. The number of nitrogens with zero attached hydrogens (tertiary/aromatic N) is 2. The number of rotatable bonds is 4. The predicted molar refractivity (Wildman–Crippen MR) is 84.6 cm³/mol. The predicted octanol–water partition coefficient (Wildman–Crippen LogP) is 0.988. The van der Waals surface area contributed by atoms with Gasteiger partial charge in [0.25, 0.3) is 17.2 Å². The number of non-ortho nitro benzene ring substituents is 1. The van der Waals surface area contributed by atoms with Gasteiger partial charge in [-0.1, -0.05) is 0 Å². The Morgan fingerprint density at radius 2 is 2.25 bits per heavy atom. The molecule has 9 nitrogen and oxygen atoms in total. The first-order valence-corrected chi connectivity index (χ1v) is 7.26. The average molecular weight is 333 g/mol. The van der Waals surface area contributed by atoms with Gasteiger partial charge in [-0.25, -0.2) is 0 Å². The number of amides is 1. The molecule has 0 radical (unpaired) electrons. The summed E-state index contributed by atoms with van der Waals surface area (Å²) in [5, 5.41) is 13.9. The Labute approximate surface area is 135 Å². The number of nitro groups is 1. The van der Waals surface area contributed by atoms with Crippen LogP contribution in [0.15, 0.2) is 23.0 Å². The second kappa shape index (κ2) is 5.84. The van der Waals surface area contributed by atoms with E-state index in [4.69, 9.17) is 9.47 Å². The van der Waals surface area contributed by atoms with Crippen molar-refractivity contribution in [2.75, 3.05) is 20.3 Å². The minimum Gasteiger partial charge on any atom is -0.489 e. The standard InChI is InChI=1S/C15H15N3O6/c1-8-6-23-11-5-10(18(21)22)3-9-4-12(24-7-13(19)16-2)15(20)17(8)14(9)11/h3-5,8H,6-7H2,1-2H3,(H,16,19). The monoisotopic (exact) mass is 333 g/mol. The highest BCUT2D eigenvalue weighted by molar-refractivity contribution is 5.89. The number of hydrogen-bond donors (Lipinski definition) is 1. The minimum absolute atomic E-state index is 0.0358. The number of likely N-dealkylation sites (N-methyl/N-ethyl adjacent to an activating group) is 1. The third-order valence-electron chi connectivity index (χ3n) is 3.82. The van der Waals surface area contributed by atoms with Gasteiger partial charge in [-0.05, 0) is 13.0 Å². The Kier molecular flexibility index (Phi) is 3.84. The lowest BCUT2D eigenvalue weighted by molar-refractivity contribution is -0.384. The van der Waals surface area contributed by atoms with E-state index in [-0.39, 0.29) is 42.3 Å². The Morgan fingerprint density at radius 1 is 1.50 bits per heavy atom. The van der Waals surface area contributed by atoms with Gasteiger partial charge in [-0.3, -0.25) is 24.3 Å². The molecule has 0 fully saturated rings. The van der Waals surface area contributed by atoms with Gasteiger partial charge < -0.3 is 14.8 Å². The van der Waals surface area contributed by atoms with Gasteiger partial charge in [0, 0.05) is 18.5 Å². The summed E-state index contributed by atoms with van der Waals surface area (Å²) in [4.78, 5) is 34.5. The molecule has 0 aliphatic carbocycles. The second-order valence-corrected chi connectivity index (χ2v) is 5.44. The smallest absolute Gasteiger partial charge is 0.293 e. The topological polar surface area (TPSA) is 113 Å². The second-order valence-electron chi connectivity index (χ2n) is 5.44. The molecule has 1 N–H and O–H groups in total. The molecule has 1 aromatic heterocycles. The molecule has 2 aromatic rings. The van der Waals surface area contributed by atoms with Crippen molar-refractivity contribution in [1.29, 1.82) is 0 Å². The largest absolute Gasteiger partial charge is 0.489 e. The Balaban J connectivity index is 2.22. The van der Waals surface area contributed by atoms with Crippen molar-refractivity contribution >= 4 is 22.5 Å². The fourth-order valence-electron chi connectivity index (χ4n) is 2.65. The molecular formula is C15H15N3O6. The van der Waals surface area contributed by atoms with Gasteiger partial charge in [-0.15, -0.1) is 0 Å². The zero-order valence-electron chi connectivity index (χ0n) is 13.1. The van der Waals surface area contributed by atoms with Crippen LogP contribution in [0.4, 0.5) is 5.69 Å². The molecule has 3 rings (SSSR count). The van der Waals surface area contributed by atoms with Crippen LogP contribution in [0.2, 0.25) is 0 Å². The minimum atomic E-state index is -0.530. The number of hydrogen-bond acceptors (Lipinski definition) is 6. The fraction of sp³-hybridized carbons (Fsp3) is 0.333. The van der Waals surface area contributed by atoms with Crippen LogP contribution < -0.4 is 20.3 Å².